The van der Waals surface area contributed by atoms with Crippen molar-refractivity contribution >= 4 is 17.0 Å². The Kier molecular flexibility index (Phi) is 5.95. The second-order valence-electron chi connectivity index (χ2n) is 9.95. The molecule has 2 N–H and O–H groups in total. The average molecular weight is 469 g/mol. The topological polar surface area (TPSA) is 29.3 Å². The van der Waals surface area contributed by atoms with Crippen LogP contribution in [0.25, 0.3) is 22.4 Å². The molecular weight excluding hydrogens is 436 g/mol. The Hall–Kier alpha value is -4.04. The number of rotatable bonds is 4. The molecule has 3 aliphatic rings. The van der Waals surface area contributed by atoms with Gasteiger partial charge in [0.1, 0.15) is 0 Å². The van der Waals surface area contributed by atoms with Crippen LogP contribution in [0, 0.1) is 5.92 Å². The van der Waals surface area contributed by atoms with Gasteiger partial charge in [0.2, 0.25) is 0 Å². The lowest BCUT2D eigenvalue weighted by atomic mass is 9.90. The molecule has 0 aromatic heterocycles. The van der Waals surface area contributed by atoms with Crippen molar-refractivity contribution in [2.75, 3.05) is 4.90 Å². The number of hydrogen-bond donors (Lipinski definition) is 1. The first-order valence-electron chi connectivity index (χ1n) is 12.9. The quantitative estimate of drug-likeness (QED) is 0.428. The van der Waals surface area contributed by atoms with Gasteiger partial charge in [-0.15, -0.1) is 0 Å². The molecule has 3 unspecified atom stereocenters. The first-order chi connectivity index (χ1) is 17.7. The van der Waals surface area contributed by atoms with Gasteiger partial charge in [-0.2, -0.15) is 0 Å². The lowest BCUT2D eigenvalue weighted by Gasteiger charge is -2.37. The zero-order valence-corrected chi connectivity index (χ0v) is 20.7. The SMILES string of the molecule is CC1/C2=C\C=C/CC3C=CC=CC3N1c1cc(-c3ccc(/C(N)=C/Cc4ccccc4)cc3)ccc12. The molecule has 0 amide bonds. The minimum Gasteiger partial charge on any atom is -0.398 e. The molecule has 3 aromatic rings. The maximum atomic E-state index is 6.41. The van der Waals surface area contributed by atoms with Crippen LogP contribution in [0.2, 0.25) is 0 Å². The molecule has 1 aliphatic carbocycles. The summed E-state index contributed by atoms with van der Waals surface area (Å²) in [5.74, 6) is 0.487. The van der Waals surface area contributed by atoms with Crippen molar-refractivity contribution < 1.29 is 0 Å². The van der Waals surface area contributed by atoms with Gasteiger partial charge >= 0.3 is 0 Å². The molecule has 2 heterocycles. The van der Waals surface area contributed by atoms with Crippen molar-refractivity contribution in [1.82, 2.24) is 0 Å². The Morgan fingerprint density at radius 1 is 0.917 bits per heavy atom. The van der Waals surface area contributed by atoms with Gasteiger partial charge in [-0.05, 0) is 53.7 Å². The van der Waals surface area contributed by atoms with Crippen molar-refractivity contribution in [3.05, 3.63) is 138 Å². The minimum atomic E-state index is 0.346. The van der Waals surface area contributed by atoms with Crippen molar-refractivity contribution in [3.63, 3.8) is 0 Å². The summed E-state index contributed by atoms with van der Waals surface area (Å²) in [6, 6.07) is 26.8. The Morgan fingerprint density at radius 3 is 2.53 bits per heavy atom. The van der Waals surface area contributed by atoms with Gasteiger partial charge in [-0.25, -0.2) is 0 Å². The predicted molar refractivity (Wildman–Crippen MR) is 153 cm³/mol. The van der Waals surface area contributed by atoms with E-state index >= 15 is 0 Å². The highest BCUT2D eigenvalue weighted by molar-refractivity contribution is 5.91. The van der Waals surface area contributed by atoms with Crippen molar-refractivity contribution in [1.29, 1.82) is 0 Å². The van der Waals surface area contributed by atoms with Gasteiger partial charge in [0, 0.05) is 22.9 Å². The molecule has 3 aromatic carbocycles. The van der Waals surface area contributed by atoms with E-state index in [4.69, 9.17) is 5.73 Å². The Labute approximate surface area is 214 Å². The number of allylic oxidation sites excluding steroid dienone is 6. The molecule has 2 nitrogen and oxygen atoms in total. The van der Waals surface area contributed by atoms with E-state index in [1.165, 1.54) is 33.5 Å². The van der Waals surface area contributed by atoms with Crippen molar-refractivity contribution in [2.24, 2.45) is 11.7 Å². The fourth-order valence-corrected chi connectivity index (χ4v) is 5.78. The molecule has 2 heteroatoms. The lowest BCUT2D eigenvalue weighted by molar-refractivity contribution is 0.523. The standard InChI is InChI=1S/C34H32N2/c1-24-30-13-7-5-11-28-12-6-8-14-33(28)36(24)34-23-29(20-21-31(30)34)26-16-18-27(19-17-26)32(35)22-15-25-9-3-2-4-10-25/h2-10,12-14,16-24,28,33H,11,15,35H2,1H3/b7-5-,30-13+,32-22-. The van der Waals surface area contributed by atoms with Crippen LogP contribution >= 0.6 is 0 Å². The van der Waals surface area contributed by atoms with Crippen LogP contribution in [0.15, 0.2) is 121 Å². The molecule has 2 bridgehead atoms. The van der Waals surface area contributed by atoms with Gasteiger partial charge in [0.05, 0.1) is 12.1 Å². The average Bonchev–Trinajstić information content (AvgIpc) is 3.23. The van der Waals surface area contributed by atoms with Crippen LogP contribution in [-0.2, 0) is 6.42 Å². The van der Waals surface area contributed by atoms with Crippen LogP contribution in [0.4, 0.5) is 5.69 Å². The normalized spacial score (nSPS) is 24.7. The largest absolute Gasteiger partial charge is 0.398 e. The summed E-state index contributed by atoms with van der Waals surface area (Å²) in [5, 5.41) is 0. The molecular formula is C34H32N2. The summed E-state index contributed by atoms with van der Waals surface area (Å²) in [6.07, 6.45) is 20.0. The van der Waals surface area contributed by atoms with Crippen LogP contribution in [0.1, 0.15) is 30.0 Å². The molecule has 0 spiro atoms. The highest BCUT2D eigenvalue weighted by Crippen LogP contribution is 2.46. The molecule has 0 fully saturated rings. The molecule has 178 valence electrons. The van der Waals surface area contributed by atoms with Crippen molar-refractivity contribution in [3.8, 4) is 11.1 Å². The first kappa shape index (κ1) is 22.4. The third-order valence-electron chi connectivity index (χ3n) is 7.76. The summed E-state index contributed by atoms with van der Waals surface area (Å²) in [4.78, 5) is 2.63. The van der Waals surface area contributed by atoms with Crippen LogP contribution in [0.3, 0.4) is 0 Å². The fourth-order valence-electron chi connectivity index (χ4n) is 5.78. The van der Waals surface area contributed by atoms with Gasteiger partial charge < -0.3 is 10.6 Å². The van der Waals surface area contributed by atoms with E-state index < -0.39 is 0 Å². The van der Waals surface area contributed by atoms with Gasteiger partial charge in [0.15, 0.2) is 0 Å². The van der Waals surface area contributed by atoms with Crippen LogP contribution < -0.4 is 10.6 Å². The van der Waals surface area contributed by atoms with Gasteiger partial charge in [-0.1, -0.05) is 115 Å². The van der Waals surface area contributed by atoms with Crippen LogP contribution in [-0.4, -0.2) is 12.1 Å². The highest BCUT2D eigenvalue weighted by Gasteiger charge is 2.37. The van der Waals surface area contributed by atoms with E-state index in [1.807, 2.05) is 6.07 Å². The monoisotopic (exact) mass is 468 g/mol. The second-order valence-corrected chi connectivity index (χ2v) is 9.95. The molecule has 3 atom stereocenters. The lowest BCUT2D eigenvalue weighted by Crippen LogP contribution is -2.42. The number of fused-ring (bicyclic) bond motifs is 7. The maximum Gasteiger partial charge on any atom is 0.0548 e. The second kappa shape index (κ2) is 9.54. The number of benzene rings is 3. The number of nitrogens with zero attached hydrogens (tertiary/aromatic N) is 1. The van der Waals surface area contributed by atoms with E-state index in [0.29, 0.717) is 18.0 Å². The summed E-state index contributed by atoms with van der Waals surface area (Å²) < 4.78 is 0. The van der Waals surface area contributed by atoms with E-state index in [-0.39, 0.29) is 0 Å². The predicted octanol–water partition coefficient (Wildman–Crippen LogP) is 7.56. The molecule has 6 rings (SSSR count). The highest BCUT2D eigenvalue weighted by atomic mass is 15.2. The zero-order chi connectivity index (χ0) is 24.5. The molecule has 2 aliphatic heterocycles. The number of nitrogens with two attached hydrogens (primary N) is 1. The summed E-state index contributed by atoms with van der Waals surface area (Å²) >= 11 is 0. The molecule has 0 saturated heterocycles. The first-order valence-corrected chi connectivity index (χ1v) is 12.9. The fraction of sp³-hybridized carbons (Fsp3) is 0.176. The summed E-state index contributed by atoms with van der Waals surface area (Å²) in [5.41, 5.74) is 16.1. The number of anilines is 1. The maximum absolute atomic E-state index is 6.41. The Balaban J connectivity index is 1.31. The zero-order valence-electron chi connectivity index (χ0n) is 20.7. The molecule has 0 radical (unpaired) electrons. The minimum absolute atomic E-state index is 0.346. The smallest absolute Gasteiger partial charge is 0.0548 e. The van der Waals surface area contributed by atoms with Crippen molar-refractivity contribution in [2.45, 2.75) is 31.8 Å². The van der Waals surface area contributed by atoms with E-state index in [9.17, 15) is 0 Å². The Bertz CT molecular complexity index is 1400. The van der Waals surface area contributed by atoms with E-state index in [2.05, 4.69) is 127 Å². The molecule has 36 heavy (non-hydrogen) atoms. The van der Waals surface area contributed by atoms with Gasteiger partial charge in [0.25, 0.3) is 0 Å². The summed E-state index contributed by atoms with van der Waals surface area (Å²) in [7, 11) is 0. The Morgan fingerprint density at radius 2 is 1.69 bits per heavy atom. The third kappa shape index (κ3) is 4.13. The van der Waals surface area contributed by atoms with E-state index in [1.54, 1.807) is 0 Å². The van der Waals surface area contributed by atoms with E-state index in [0.717, 1.165) is 24.1 Å². The molecule has 0 saturated carbocycles. The third-order valence-corrected chi connectivity index (χ3v) is 7.76. The number of hydrogen-bond acceptors (Lipinski definition) is 2. The summed E-state index contributed by atoms with van der Waals surface area (Å²) in [6.45, 7) is 2.34. The van der Waals surface area contributed by atoms with Gasteiger partial charge in [-0.3, -0.25) is 0 Å². The van der Waals surface area contributed by atoms with Crippen LogP contribution in [0.5, 0.6) is 0 Å².